The first-order valence-electron chi connectivity index (χ1n) is 13.0. The van der Waals surface area contributed by atoms with Gasteiger partial charge in [0.1, 0.15) is 0 Å². The predicted molar refractivity (Wildman–Crippen MR) is 139 cm³/mol. The molecule has 1 aromatic heterocycles. The summed E-state index contributed by atoms with van der Waals surface area (Å²) in [7, 11) is 3.58. The molecule has 1 amide bonds. The highest BCUT2D eigenvalue weighted by atomic mass is 16.5. The Morgan fingerprint density at radius 1 is 1.17 bits per heavy atom. The Morgan fingerprint density at radius 2 is 1.94 bits per heavy atom. The number of hydrogen-bond donors (Lipinski definition) is 2. The Morgan fingerprint density at radius 3 is 2.67 bits per heavy atom. The summed E-state index contributed by atoms with van der Waals surface area (Å²) in [6.45, 7) is 4.73. The lowest BCUT2D eigenvalue weighted by atomic mass is 10.0. The van der Waals surface area contributed by atoms with Gasteiger partial charge in [-0.25, -0.2) is 0 Å². The van der Waals surface area contributed by atoms with Gasteiger partial charge in [0.25, 0.3) is 6.47 Å². The molecular formula is C27H38N4O5. The minimum atomic E-state index is -0.250. The molecule has 1 aromatic carbocycles. The molecule has 196 valence electrons. The number of carbonyl (C=O) groups excluding carboxylic acids is 1. The summed E-state index contributed by atoms with van der Waals surface area (Å²) < 4.78 is 11.9. The highest BCUT2D eigenvalue weighted by Crippen LogP contribution is 2.40. The largest absolute Gasteiger partial charge is 0.493 e. The molecule has 0 radical (unpaired) electrons. The van der Waals surface area contributed by atoms with Crippen molar-refractivity contribution in [2.45, 2.75) is 57.4 Å². The molecule has 2 aromatic rings. The second-order valence-electron chi connectivity index (χ2n) is 9.79. The number of hydrogen-bond acceptors (Lipinski definition) is 7. The molecule has 2 saturated heterocycles. The van der Waals surface area contributed by atoms with E-state index < -0.39 is 0 Å². The normalized spacial score (nSPS) is 19.6. The molecule has 3 heterocycles. The standard InChI is InChI=1S/C26H36N4O3.CH2O2/c1-29-13-9-18(15-25(29)31)27-26-19-7-5-8-21(19)28-22-17-24(23(32-2)16-20(22)26)33-14-6-12-30-10-3-4-11-30;2-1-3/h16-18H,3-15H2,1-2H3,(H,27,28);1H,(H,2,3). The van der Waals surface area contributed by atoms with Gasteiger partial charge in [0.2, 0.25) is 5.91 Å². The fourth-order valence-corrected chi connectivity index (χ4v) is 5.45. The summed E-state index contributed by atoms with van der Waals surface area (Å²) >= 11 is 0. The number of piperidine rings is 1. The lowest BCUT2D eigenvalue weighted by molar-refractivity contribution is -0.132. The van der Waals surface area contributed by atoms with Crippen LogP contribution < -0.4 is 14.8 Å². The zero-order chi connectivity index (χ0) is 25.5. The number of rotatable bonds is 8. The molecule has 2 aliphatic heterocycles. The number of ether oxygens (including phenoxy) is 2. The van der Waals surface area contributed by atoms with E-state index in [1.54, 1.807) is 7.11 Å². The third-order valence-corrected chi connectivity index (χ3v) is 7.38. The van der Waals surface area contributed by atoms with Crippen molar-refractivity contribution in [3.63, 3.8) is 0 Å². The van der Waals surface area contributed by atoms with Crippen molar-refractivity contribution in [2.75, 3.05) is 52.3 Å². The van der Waals surface area contributed by atoms with Crippen LogP contribution >= 0.6 is 0 Å². The zero-order valence-corrected chi connectivity index (χ0v) is 21.4. The molecule has 0 spiro atoms. The smallest absolute Gasteiger partial charge is 0.290 e. The molecule has 9 nitrogen and oxygen atoms in total. The molecule has 1 atom stereocenters. The summed E-state index contributed by atoms with van der Waals surface area (Å²) in [5.41, 5.74) is 4.55. The first-order valence-corrected chi connectivity index (χ1v) is 13.0. The van der Waals surface area contributed by atoms with Crippen LogP contribution in [0.4, 0.5) is 5.69 Å². The first kappa shape index (κ1) is 26.0. The number of aryl methyl sites for hydroxylation is 1. The van der Waals surface area contributed by atoms with E-state index in [1.165, 1.54) is 37.2 Å². The number of carboxylic acid groups (broad SMARTS) is 1. The van der Waals surface area contributed by atoms with E-state index in [0.29, 0.717) is 13.0 Å². The number of carbonyl (C=O) groups is 2. The van der Waals surface area contributed by atoms with E-state index in [9.17, 15) is 4.79 Å². The van der Waals surface area contributed by atoms with Gasteiger partial charge >= 0.3 is 0 Å². The summed E-state index contributed by atoms with van der Waals surface area (Å²) in [6.07, 6.45) is 8.28. The van der Waals surface area contributed by atoms with E-state index in [0.717, 1.165) is 73.3 Å². The van der Waals surface area contributed by atoms with Gasteiger partial charge in [-0.15, -0.1) is 0 Å². The molecule has 36 heavy (non-hydrogen) atoms. The van der Waals surface area contributed by atoms with Crippen LogP contribution in [-0.4, -0.2) is 85.3 Å². The van der Waals surface area contributed by atoms with E-state index in [1.807, 2.05) is 18.0 Å². The Hall–Kier alpha value is -3.07. The predicted octanol–water partition coefficient (Wildman–Crippen LogP) is 3.33. The number of anilines is 1. The van der Waals surface area contributed by atoms with Gasteiger partial charge in [0.05, 0.1) is 19.2 Å². The monoisotopic (exact) mass is 498 g/mol. The highest BCUT2D eigenvalue weighted by Gasteiger charge is 2.27. The summed E-state index contributed by atoms with van der Waals surface area (Å²) in [5, 5.41) is 11.7. The number of amides is 1. The summed E-state index contributed by atoms with van der Waals surface area (Å²) in [5.74, 6) is 1.71. The third kappa shape index (κ3) is 6.00. The summed E-state index contributed by atoms with van der Waals surface area (Å²) in [6, 6.07) is 4.25. The zero-order valence-electron chi connectivity index (χ0n) is 21.4. The van der Waals surface area contributed by atoms with Crippen LogP contribution in [0.3, 0.4) is 0 Å². The molecule has 0 bridgehead atoms. The van der Waals surface area contributed by atoms with Gasteiger partial charge in [-0.2, -0.15) is 0 Å². The molecule has 5 rings (SSSR count). The van der Waals surface area contributed by atoms with Crippen molar-refractivity contribution in [3.8, 4) is 11.5 Å². The van der Waals surface area contributed by atoms with Crippen molar-refractivity contribution in [2.24, 2.45) is 0 Å². The number of nitrogens with zero attached hydrogens (tertiary/aromatic N) is 3. The van der Waals surface area contributed by atoms with Crippen molar-refractivity contribution < 1.29 is 24.2 Å². The SMILES string of the molecule is COc1cc2c(NC3CCN(C)C(=O)C3)c3c(nc2cc1OCCCN1CCCC1)CCC3.O=CO. The van der Waals surface area contributed by atoms with Crippen LogP contribution in [0.1, 0.15) is 49.8 Å². The number of nitrogens with one attached hydrogen (secondary N) is 1. The highest BCUT2D eigenvalue weighted by molar-refractivity contribution is 5.96. The second kappa shape index (κ2) is 12.3. The number of pyridine rings is 1. The number of benzene rings is 1. The van der Waals surface area contributed by atoms with Gasteiger partial charge in [-0.05, 0) is 69.7 Å². The van der Waals surface area contributed by atoms with Gasteiger partial charge in [-0.3, -0.25) is 14.6 Å². The van der Waals surface area contributed by atoms with Crippen LogP contribution in [0, 0.1) is 0 Å². The maximum atomic E-state index is 12.3. The average molecular weight is 499 g/mol. The van der Waals surface area contributed by atoms with Crippen LogP contribution in [0.2, 0.25) is 0 Å². The molecule has 3 aliphatic rings. The number of likely N-dealkylation sites (tertiary alicyclic amines) is 2. The van der Waals surface area contributed by atoms with Crippen LogP contribution in [0.15, 0.2) is 12.1 Å². The van der Waals surface area contributed by atoms with Gasteiger partial charge in [0.15, 0.2) is 11.5 Å². The van der Waals surface area contributed by atoms with E-state index in [2.05, 4.69) is 16.3 Å². The van der Waals surface area contributed by atoms with E-state index >= 15 is 0 Å². The third-order valence-electron chi connectivity index (χ3n) is 7.38. The Labute approximate surface area is 212 Å². The van der Waals surface area contributed by atoms with E-state index in [-0.39, 0.29) is 18.4 Å². The van der Waals surface area contributed by atoms with E-state index in [4.69, 9.17) is 24.4 Å². The molecule has 9 heteroatoms. The molecule has 2 N–H and O–H groups in total. The van der Waals surface area contributed by atoms with Crippen molar-refractivity contribution in [3.05, 3.63) is 23.4 Å². The Bertz CT molecular complexity index is 1070. The molecule has 1 aliphatic carbocycles. The van der Waals surface area contributed by atoms with Crippen LogP contribution in [0.5, 0.6) is 11.5 Å². The lowest BCUT2D eigenvalue weighted by Gasteiger charge is -2.31. The minimum absolute atomic E-state index is 0.150. The van der Waals surface area contributed by atoms with Crippen molar-refractivity contribution >= 4 is 29.0 Å². The Kier molecular flexibility index (Phi) is 8.85. The first-order chi connectivity index (χ1) is 17.5. The number of fused-ring (bicyclic) bond motifs is 2. The topological polar surface area (TPSA) is 104 Å². The molecule has 1 unspecified atom stereocenters. The Balaban J connectivity index is 0.000000967. The fourth-order valence-electron chi connectivity index (χ4n) is 5.45. The van der Waals surface area contributed by atoms with Gasteiger partial charge < -0.3 is 29.7 Å². The van der Waals surface area contributed by atoms with Gasteiger partial charge in [-0.1, -0.05) is 0 Å². The second-order valence-corrected chi connectivity index (χ2v) is 9.79. The average Bonchev–Trinajstić information content (AvgIpc) is 3.56. The lowest BCUT2D eigenvalue weighted by Crippen LogP contribution is -2.41. The van der Waals surface area contributed by atoms with Crippen molar-refractivity contribution in [1.82, 2.24) is 14.8 Å². The number of aromatic nitrogens is 1. The fraction of sp³-hybridized carbons (Fsp3) is 0.593. The maximum absolute atomic E-state index is 12.3. The summed E-state index contributed by atoms with van der Waals surface area (Å²) in [4.78, 5) is 30.0. The quantitative estimate of drug-likeness (QED) is 0.422. The minimum Gasteiger partial charge on any atom is -0.493 e. The molecular weight excluding hydrogens is 460 g/mol. The van der Waals surface area contributed by atoms with Gasteiger partial charge in [0, 0.05) is 55.4 Å². The van der Waals surface area contributed by atoms with Crippen molar-refractivity contribution in [1.29, 1.82) is 0 Å². The van der Waals surface area contributed by atoms with Crippen LogP contribution in [-0.2, 0) is 22.4 Å². The molecule has 2 fully saturated rings. The van der Waals surface area contributed by atoms with Crippen LogP contribution in [0.25, 0.3) is 10.9 Å². The molecule has 0 saturated carbocycles. The maximum Gasteiger partial charge on any atom is 0.290 e. The number of methoxy groups -OCH3 is 1.